The van der Waals surface area contributed by atoms with Gasteiger partial charge in [0.15, 0.2) is 6.29 Å². The van der Waals surface area contributed by atoms with Gasteiger partial charge in [0.05, 0.1) is 23.5 Å². The summed E-state index contributed by atoms with van der Waals surface area (Å²) in [4.78, 5) is 10.7. The molecule has 0 heterocycles. The van der Waals surface area contributed by atoms with Crippen molar-refractivity contribution in [3.63, 3.8) is 0 Å². The molecule has 1 atom stereocenters. The molecule has 1 rings (SSSR count). The topological polar surface area (TPSA) is 37.3 Å². The first-order valence-corrected chi connectivity index (χ1v) is 6.28. The van der Waals surface area contributed by atoms with Crippen LogP contribution in [0.2, 0.25) is 0 Å². The lowest BCUT2D eigenvalue weighted by Crippen LogP contribution is -2.44. The second-order valence-corrected chi connectivity index (χ2v) is 6.18. The zero-order chi connectivity index (χ0) is 15.1. The summed E-state index contributed by atoms with van der Waals surface area (Å²) < 4.78 is 38.7. The molecule has 9 heteroatoms. The van der Waals surface area contributed by atoms with Crippen LogP contribution < -0.4 is 0 Å². The summed E-state index contributed by atoms with van der Waals surface area (Å²) in [5.41, 5.74) is -3.20. The van der Waals surface area contributed by atoms with Crippen LogP contribution in [0.25, 0.3) is 0 Å². The molecule has 0 aliphatic carbocycles. The van der Waals surface area contributed by atoms with Crippen molar-refractivity contribution in [3.8, 4) is 0 Å². The molecule has 1 N–H and O–H groups in total. The molecule has 0 fully saturated rings. The van der Waals surface area contributed by atoms with Crippen molar-refractivity contribution >= 4 is 45.8 Å². The Bertz CT molecular complexity index is 502. The lowest BCUT2D eigenvalue weighted by molar-refractivity contribution is -0.249. The van der Waals surface area contributed by atoms with E-state index in [0.29, 0.717) is 4.47 Å². The van der Waals surface area contributed by atoms with Gasteiger partial charge in [-0.1, -0.05) is 38.7 Å². The predicted molar refractivity (Wildman–Crippen MR) is 77.5 cm³/mol. The van der Waals surface area contributed by atoms with Crippen molar-refractivity contribution in [2.45, 2.75) is 16.9 Å². The summed E-state index contributed by atoms with van der Waals surface area (Å²) in [6.07, 6.45) is -5.55. The molecule has 1 aromatic carbocycles. The van der Waals surface area contributed by atoms with Crippen LogP contribution in [0.15, 0.2) is 22.7 Å². The van der Waals surface area contributed by atoms with Gasteiger partial charge in [-0.15, -0.1) is 0 Å². The van der Waals surface area contributed by atoms with E-state index in [1.165, 1.54) is 6.07 Å². The summed E-state index contributed by atoms with van der Waals surface area (Å²) in [6, 6.07) is 3.72. The number of halogens is 4. The third-order valence-electron chi connectivity index (χ3n) is 2.82. The average molecular weight is 333 g/mol. The highest BCUT2D eigenvalue weighted by Crippen LogP contribution is 2.39. The molecule has 0 radical (unpaired) electrons. The van der Waals surface area contributed by atoms with Crippen molar-refractivity contribution in [1.29, 1.82) is 0 Å². The van der Waals surface area contributed by atoms with Crippen molar-refractivity contribution in [2.24, 2.45) is 0 Å². The second-order valence-electron chi connectivity index (χ2n) is 5.33. The lowest BCUT2D eigenvalue weighted by Gasteiger charge is -2.27. The zero-order valence-corrected chi connectivity index (χ0v) is 12.3. The molecule has 0 aliphatic rings. The summed E-state index contributed by atoms with van der Waals surface area (Å²) in [7, 11) is 5.72. The summed E-state index contributed by atoms with van der Waals surface area (Å²) in [5.74, 6) is 0. The SMILES string of the molecule is BC(B)(B)c1ccc(C(O)(C=O)C(F)(F)F)cc1Br. The van der Waals surface area contributed by atoms with Gasteiger partial charge >= 0.3 is 6.18 Å². The highest BCUT2D eigenvalue weighted by molar-refractivity contribution is 9.10. The molecular formula is C10H11B3BrF3O2. The number of alkyl halides is 3. The summed E-state index contributed by atoms with van der Waals surface area (Å²) in [5, 5.41) is 9.26. The molecule has 0 spiro atoms. The quantitative estimate of drug-likeness (QED) is 0.593. The number of benzene rings is 1. The fourth-order valence-electron chi connectivity index (χ4n) is 1.66. The largest absolute Gasteiger partial charge is 0.428 e. The predicted octanol–water partition coefficient (Wildman–Crippen LogP) is -0.593. The van der Waals surface area contributed by atoms with Crippen LogP contribution >= 0.6 is 15.9 Å². The molecule has 19 heavy (non-hydrogen) atoms. The summed E-state index contributed by atoms with van der Waals surface area (Å²) >= 11 is 3.18. The standard InChI is InChI=1S/C10H11B3BrF3O2/c11-9(12,13)6-2-1-5(3-7(6)14)8(19,4-18)10(15,16)17/h1-4,19H,11-13H2. The molecular weight excluding hydrogens is 321 g/mol. The lowest BCUT2D eigenvalue weighted by atomic mass is 9.40. The van der Waals surface area contributed by atoms with E-state index >= 15 is 0 Å². The number of carbonyl (C=O) groups is 1. The van der Waals surface area contributed by atoms with Gasteiger partial charge in [-0.25, -0.2) is 0 Å². The van der Waals surface area contributed by atoms with Gasteiger partial charge in [-0.2, -0.15) is 13.2 Å². The highest BCUT2D eigenvalue weighted by atomic mass is 79.9. The van der Waals surface area contributed by atoms with Crippen LogP contribution in [-0.4, -0.2) is 41.1 Å². The molecule has 1 aromatic rings. The first-order valence-electron chi connectivity index (χ1n) is 5.49. The number of hydrogen-bond acceptors (Lipinski definition) is 2. The maximum Gasteiger partial charge on any atom is 0.428 e. The molecule has 2 nitrogen and oxygen atoms in total. The van der Waals surface area contributed by atoms with Crippen LogP contribution in [0, 0.1) is 0 Å². The number of hydrogen-bond donors (Lipinski definition) is 1. The minimum atomic E-state index is -5.06. The molecule has 0 aliphatic heterocycles. The van der Waals surface area contributed by atoms with Crippen molar-refractivity contribution < 1.29 is 23.1 Å². The Morgan fingerprint density at radius 1 is 1.21 bits per heavy atom. The fourth-order valence-corrected chi connectivity index (χ4v) is 2.63. The normalized spacial score (nSPS) is 15.8. The molecule has 0 amide bonds. The Morgan fingerprint density at radius 3 is 2.05 bits per heavy atom. The van der Waals surface area contributed by atoms with Gasteiger partial charge in [0.1, 0.15) is 0 Å². The average Bonchev–Trinajstić information content (AvgIpc) is 2.24. The van der Waals surface area contributed by atoms with Gasteiger partial charge in [0.25, 0.3) is 0 Å². The number of aliphatic hydroxyl groups is 1. The van der Waals surface area contributed by atoms with Crippen molar-refractivity contribution in [3.05, 3.63) is 33.8 Å². The number of aldehydes is 1. The van der Waals surface area contributed by atoms with Crippen molar-refractivity contribution in [2.75, 3.05) is 0 Å². The van der Waals surface area contributed by atoms with Crippen molar-refractivity contribution in [1.82, 2.24) is 0 Å². The molecule has 1 unspecified atom stereocenters. The molecule has 100 valence electrons. The minimum absolute atomic E-state index is 0.269. The van der Waals surface area contributed by atoms with E-state index in [9.17, 15) is 23.1 Å². The van der Waals surface area contributed by atoms with Crippen LogP contribution in [0.5, 0.6) is 0 Å². The Hall–Kier alpha value is -0.685. The van der Waals surface area contributed by atoms with E-state index in [-0.39, 0.29) is 5.11 Å². The molecule has 0 saturated carbocycles. The number of rotatable bonds is 3. The number of carbonyl (C=O) groups excluding carboxylic acids is 1. The maximum absolute atomic E-state index is 12.8. The Morgan fingerprint density at radius 2 is 1.74 bits per heavy atom. The smallest absolute Gasteiger partial charge is 0.370 e. The van der Waals surface area contributed by atoms with Gasteiger partial charge in [-0.3, -0.25) is 4.79 Å². The van der Waals surface area contributed by atoms with Crippen LogP contribution in [0.4, 0.5) is 13.2 Å². The van der Waals surface area contributed by atoms with E-state index in [1.807, 2.05) is 23.5 Å². The van der Waals surface area contributed by atoms with E-state index in [2.05, 4.69) is 15.9 Å². The third-order valence-corrected chi connectivity index (χ3v) is 3.48. The first-order chi connectivity index (χ1) is 8.43. The fraction of sp³-hybridized carbons (Fsp3) is 0.300. The zero-order valence-electron chi connectivity index (χ0n) is 10.7. The van der Waals surface area contributed by atoms with Crippen LogP contribution in [-0.2, 0) is 15.5 Å². The Kier molecular flexibility index (Phi) is 4.32. The van der Waals surface area contributed by atoms with Crippen LogP contribution in [0.1, 0.15) is 11.1 Å². The van der Waals surface area contributed by atoms with Crippen LogP contribution in [0.3, 0.4) is 0 Å². The first kappa shape index (κ1) is 16.4. The van der Waals surface area contributed by atoms with Gasteiger partial charge in [-0.05, 0) is 6.07 Å². The molecule has 0 aromatic heterocycles. The third kappa shape index (κ3) is 3.08. The highest BCUT2D eigenvalue weighted by Gasteiger charge is 2.55. The Labute approximate surface area is 120 Å². The van der Waals surface area contributed by atoms with Gasteiger partial charge in [0, 0.05) is 10.0 Å². The Balaban J connectivity index is 3.39. The molecule has 0 bridgehead atoms. The molecule has 0 saturated heterocycles. The monoisotopic (exact) mass is 332 g/mol. The minimum Gasteiger partial charge on any atom is -0.370 e. The van der Waals surface area contributed by atoms with Gasteiger partial charge in [0.2, 0.25) is 5.60 Å². The maximum atomic E-state index is 12.8. The van der Waals surface area contributed by atoms with E-state index < -0.39 is 23.6 Å². The summed E-state index contributed by atoms with van der Waals surface area (Å²) in [6.45, 7) is 0. The van der Waals surface area contributed by atoms with E-state index in [4.69, 9.17) is 0 Å². The van der Waals surface area contributed by atoms with E-state index in [0.717, 1.165) is 17.7 Å². The van der Waals surface area contributed by atoms with Gasteiger partial charge < -0.3 is 5.11 Å². The second kappa shape index (κ2) is 5.02. The van der Waals surface area contributed by atoms with E-state index in [1.54, 1.807) is 0 Å².